The van der Waals surface area contributed by atoms with Gasteiger partial charge in [-0.15, -0.1) is 0 Å². The Bertz CT molecular complexity index is 754. The van der Waals surface area contributed by atoms with E-state index in [9.17, 15) is 5.11 Å². The Morgan fingerprint density at radius 2 is 1.81 bits per heavy atom. The number of benzene rings is 2. The van der Waals surface area contributed by atoms with E-state index >= 15 is 0 Å². The molecule has 0 spiro atoms. The van der Waals surface area contributed by atoms with Crippen LogP contribution in [0.15, 0.2) is 59.0 Å². The van der Waals surface area contributed by atoms with Gasteiger partial charge in [0.1, 0.15) is 17.4 Å². The normalized spacial score (nSPS) is 16.2. The molecule has 1 aliphatic carbocycles. The van der Waals surface area contributed by atoms with Crippen molar-refractivity contribution in [1.82, 2.24) is 0 Å². The smallest absolute Gasteiger partial charge is 0.134 e. The highest BCUT2D eigenvalue weighted by Crippen LogP contribution is 2.42. The minimum absolute atomic E-state index is 0.398. The molecular weight excluding hydrogens is 260 g/mol. The minimum Gasteiger partial charge on any atom is -0.458 e. The highest BCUT2D eigenvalue weighted by atomic mass is 16.4. The molecule has 1 saturated carbocycles. The van der Waals surface area contributed by atoms with Gasteiger partial charge in [0.2, 0.25) is 0 Å². The van der Waals surface area contributed by atoms with E-state index in [4.69, 9.17) is 4.42 Å². The van der Waals surface area contributed by atoms with Gasteiger partial charge in [-0.25, -0.2) is 0 Å². The molecule has 1 aromatic heterocycles. The van der Waals surface area contributed by atoms with Gasteiger partial charge in [-0.05, 0) is 54.5 Å². The van der Waals surface area contributed by atoms with Crippen LogP contribution in [-0.2, 0) is 6.42 Å². The maximum Gasteiger partial charge on any atom is 0.134 e. The topological polar surface area (TPSA) is 33.4 Å². The first kappa shape index (κ1) is 12.7. The molecule has 106 valence electrons. The lowest BCUT2D eigenvalue weighted by Crippen LogP contribution is -1.96. The van der Waals surface area contributed by atoms with Gasteiger partial charge in [-0.3, -0.25) is 0 Å². The summed E-state index contributed by atoms with van der Waals surface area (Å²) in [4.78, 5) is 0. The summed E-state index contributed by atoms with van der Waals surface area (Å²) in [6.07, 6.45) is 2.70. The van der Waals surface area contributed by atoms with E-state index in [0.29, 0.717) is 11.7 Å². The molecule has 4 rings (SSSR count). The molecule has 1 unspecified atom stereocenters. The van der Waals surface area contributed by atoms with Crippen LogP contribution in [0.25, 0.3) is 11.0 Å². The van der Waals surface area contributed by atoms with Crippen molar-refractivity contribution in [3.05, 3.63) is 71.5 Å². The summed E-state index contributed by atoms with van der Waals surface area (Å²) in [6, 6.07) is 18.7. The standard InChI is InChI=1S/C19H18O2/c20-19(15-7-8-15)18-12-16-11-14(6-9-17(16)21-18)10-13-4-2-1-3-5-13/h1-6,9,11-12,15,19-20H,7-8,10H2. The summed E-state index contributed by atoms with van der Waals surface area (Å²) in [5.41, 5.74) is 3.43. The molecule has 1 atom stereocenters. The molecule has 21 heavy (non-hydrogen) atoms. The third-order valence-electron chi connectivity index (χ3n) is 4.21. The van der Waals surface area contributed by atoms with E-state index in [1.54, 1.807) is 0 Å². The van der Waals surface area contributed by atoms with Gasteiger partial charge in [0.05, 0.1) is 0 Å². The summed E-state index contributed by atoms with van der Waals surface area (Å²) in [6.45, 7) is 0. The molecular formula is C19H18O2. The van der Waals surface area contributed by atoms with Crippen molar-refractivity contribution >= 4 is 11.0 Å². The lowest BCUT2D eigenvalue weighted by molar-refractivity contribution is 0.129. The molecule has 0 saturated heterocycles. The van der Waals surface area contributed by atoms with E-state index in [0.717, 1.165) is 30.2 Å². The van der Waals surface area contributed by atoms with Crippen molar-refractivity contribution in [2.45, 2.75) is 25.4 Å². The predicted molar refractivity (Wildman–Crippen MR) is 83.1 cm³/mol. The van der Waals surface area contributed by atoms with Crippen LogP contribution in [0, 0.1) is 5.92 Å². The Morgan fingerprint density at radius 3 is 2.57 bits per heavy atom. The number of furan rings is 1. The minimum atomic E-state index is -0.435. The molecule has 2 nitrogen and oxygen atoms in total. The van der Waals surface area contributed by atoms with Crippen molar-refractivity contribution < 1.29 is 9.52 Å². The predicted octanol–water partition coefficient (Wildman–Crippen LogP) is 4.47. The van der Waals surface area contributed by atoms with Gasteiger partial charge in [0.25, 0.3) is 0 Å². The number of aliphatic hydroxyl groups excluding tert-OH is 1. The molecule has 2 aromatic carbocycles. The van der Waals surface area contributed by atoms with Gasteiger partial charge in [0, 0.05) is 5.39 Å². The number of aliphatic hydroxyl groups is 1. The van der Waals surface area contributed by atoms with Crippen molar-refractivity contribution in [1.29, 1.82) is 0 Å². The molecule has 0 bridgehead atoms. The van der Waals surface area contributed by atoms with E-state index in [-0.39, 0.29) is 0 Å². The second-order valence-corrected chi connectivity index (χ2v) is 5.97. The van der Waals surface area contributed by atoms with Crippen molar-refractivity contribution in [3.63, 3.8) is 0 Å². The average Bonchev–Trinajstić information content (AvgIpc) is 3.27. The third-order valence-corrected chi connectivity index (χ3v) is 4.21. The van der Waals surface area contributed by atoms with Gasteiger partial charge < -0.3 is 9.52 Å². The highest BCUT2D eigenvalue weighted by Gasteiger charge is 2.32. The average molecular weight is 278 g/mol. The number of fused-ring (bicyclic) bond motifs is 1. The fourth-order valence-corrected chi connectivity index (χ4v) is 2.84. The Labute approximate surface area is 124 Å². The Hall–Kier alpha value is -2.06. The quantitative estimate of drug-likeness (QED) is 0.764. The first-order valence-corrected chi connectivity index (χ1v) is 7.54. The third kappa shape index (κ3) is 2.59. The molecule has 1 aliphatic rings. The van der Waals surface area contributed by atoms with E-state index in [2.05, 4.69) is 36.4 Å². The van der Waals surface area contributed by atoms with Crippen LogP contribution in [0.1, 0.15) is 35.8 Å². The lowest BCUT2D eigenvalue weighted by Gasteiger charge is -2.03. The fraction of sp³-hybridized carbons (Fsp3) is 0.263. The summed E-state index contributed by atoms with van der Waals surface area (Å²) < 4.78 is 5.79. The molecule has 2 heteroatoms. The molecule has 1 heterocycles. The summed E-state index contributed by atoms with van der Waals surface area (Å²) in [5, 5.41) is 11.3. The van der Waals surface area contributed by atoms with Crippen LogP contribution in [0.3, 0.4) is 0 Å². The number of rotatable bonds is 4. The van der Waals surface area contributed by atoms with Crippen molar-refractivity contribution in [2.24, 2.45) is 5.92 Å². The summed E-state index contributed by atoms with van der Waals surface area (Å²) >= 11 is 0. The van der Waals surface area contributed by atoms with Crippen LogP contribution >= 0.6 is 0 Å². The molecule has 0 radical (unpaired) electrons. The van der Waals surface area contributed by atoms with Crippen LogP contribution in [0.4, 0.5) is 0 Å². The maximum atomic E-state index is 10.2. The molecule has 0 amide bonds. The van der Waals surface area contributed by atoms with E-state index < -0.39 is 6.10 Å². The SMILES string of the molecule is OC(c1cc2cc(Cc3ccccc3)ccc2o1)C1CC1. The van der Waals surface area contributed by atoms with Gasteiger partial charge >= 0.3 is 0 Å². The monoisotopic (exact) mass is 278 g/mol. The zero-order valence-electron chi connectivity index (χ0n) is 11.8. The van der Waals surface area contributed by atoms with Crippen LogP contribution in [0.5, 0.6) is 0 Å². The van der Waals surface area contributed by atoms with Gasteiger partial charge in [-0.2, -0.15) is 0 Å². The highest BCUT2D eigenvalue weighted by molar-refractivity contribution is 5.79. The first-order chi connectivity index (χ1) is 10.3. The largest absolute Gasteiger partial charge is 0.458 e. The number of hydrogen-bond donors (Lipinski definition) is 1. The summed E-state index contributed by atoms with van der Waals surface area (Å²) in [5.74, 6) is 1.11. The van der Waals surface area contributed by atoms with Crippen LogP contribution in [0.2, 0.25) is 0 Å². The second-order valence-electron chi connectivity index (χ2n) is 5.97. The van der Waals surface area contributed by atoms with Crippen molar-refractivity contribution in [2.75, 3.05) is 0 Å². The fourth-order valence-electron chi connectivity index (χ4n) is 2.84. The van der Waals surface area contributed by atoms with Crippen molar-refractivity contribution in [3.8, 4) is 0 Å². The second kappa shape index (κ2) is 5.05. The Morgan fingerprint density at radius 1 is 1.00 bits per heavy atom. The van der Waals surface area contributed by atoms with Crippen LogP contribution in [-0.4, -0.2) is 5.11 Å². The van der Waals surface area contributed by atoms with Crippen LogP contribution < -0.4 is 0 Å². The molecule has 0 aliphatic heterocycles. The Balaban J connectivity index is 1.63. The van der Waals surface area contributed by atoms with Gasteiger partial charge in [0.15, 0.2) is 0 Å². The van der Waals surface area contributed by atoms with Gasteiger partial charge in [-0.1, -0.05) is 36.4 Å². The lowest BCUT2D eigenvalue weighted by atomic mass is 10.0. The zero-order valence-corrected chi connectivity index (χ0v) is 11.8. The first-order valence-electron chi connectivity index (χ1n) is 7.54. The number of hydrogen-bond acceptors (Lipinski definition) is 2. The molecule has 1 fully saturated rings. The van der Waals surface area contributed by atoms with E-state index in [1.807, 2.05) is 18.2 Å². The maximum absolute atomic E-state index is 10.2. The molecule has 3 aromatic rings. The summed E-state index contributed by atoms with van der Waals surface area (Å²) in [7, 11) is 0. The molecule has 1 N–H and O–H groups in total. The Kier molecular flexibility index (Phi) is 3.04. The van der Waals surface area contributed by atoms with E-state index in [1.165, 1.54) is 11.1 Å². The zero-order chi connectivity index (χ0) is 14.2.